The highest BCUT2D eigenvalue weighted by Gasteiger charge is 2.30. The predicted octanol–water partition coefficient (Wildman–Crippen LogP) is 1.47. The topological polar surface area (TPSA) is 83.5 Å². The third kappa shape index (κ3) is 4.38. The molecule has 3 rings (SSSR count). The van der Waals surface area contributed by atoms with E-state index >= 15 is 0 Å². The molecule has 7 nitrogen and oxygen atoms in total. The van der Waals surface area contributed by atoms with Crippen molar-refractivity contribution >= 4 is 39.0 Å². The second-order valence-corrected chi connectivity index (χ2v) is 9.58. The summed E-state index contributed by atoms with van der Waals surface area (Å²) in [6.07, 6.45) is 0. The number of rotatable bonds is 5. The van der Waals surface area contributed by atoms with Gasteiger partial charge in [-0.05, 0) is 19.1 Å². The van der Waals surface area contributed by atoms with Gasteiger partial charge in [-0.2, -0.15) is 4.31 Å². The van der Waals surface area contributed by atoms with Crippen LogP contribution in [-0.4, -0.2) is 65.7 Å². The van der Waals surface area contributed by atoms with Gasteiger partial charge in [-0.3, -0.25) is 4.79 Å². The van der Waals surface area contributed by atoms with Crippen molar-refractivity contribution in [2.45, 2.75) is 16.2 Å². The van der Waals surface area contributed by atoms with Crippen molar-refractivity contribution < 1.29 is 13.2 Å². The number of nitrogens with zero attached hydrogens (tertiary/aromatic N) is 4. The van der Waals surface area contributed by atoms with Crippen LogP contribution in [-0.2, 0) is 14.8 Å². The van der Waals surface area contributed by atoms with E-state index in [0.717, 1.165) is 9.90 Å². The van der Waals surface area contributed by atoms with Crippen LogP contribution in [0.5, 0.6) is 0 Å². The SMILES string of the molecule is Cc1ccc(S(=O)(=O)N2CCN(C(=O)CSc3nncs3)CC2)cc1. The Morgan fingerprint density at radius 3 is 2.48 bits per heavy atom. The summed E-state index contributed by atoms with van der Waals surface area (Å²) >= 11 is 2.75. The number of piperazine rings is 1. The minimum Gasteiger partial charge on any atom is -0.339 e. The van der Waals surface area contributed by atoms with Gasteiger partial charge in [0.1, 0.15) is 5.51 Å². The standard InChI is InChI=1S/C15H18N4O3S3/c1-12-2-4-13(5-3-12)25(21,22)19-8-6-18(7-9-19)14(20)10-23-15-17-16-11-24-15/h2-5,11H,6-10H2,1H3. The molecule has 1 aliphatic heterocycles. The summed E-state index contributed by atoms with van der Waals surface area (Å²) in [5, 5.41) is 7.62. The van der Waals surface area contributed by atoms with Crippen LogP contribution in [0.4, 0.5) is 0 Å². The normalized spacial score (nSPS) is 16.1. The number of carbonyl (C=O) groups is 1. The summed E-state index contributed by atoms with van der Waals surface area (Å²) in [6.45, 7) is 3.35. The molecule has 2 heterocycles. The fourth-order valence-electron chi connectivity index (χ4n) is 2.48. The van der Waals surface area contributed by atoms with E-state index < -0.39 is 10.0 Å². The molecule has 0 atom stereocenters. The van der Waals surface area contributed by atoms with Gasteiger partial charge in [-0.1, -0.05) is 40.8 Å². The van der Waals surface area contributed by atoms with Gasteiger partial charge in [0.15, 0.2) is 4.34 Å². The van der Waals surface area contributed by atoms with E-state index in [1.54, 1.807) is 34.7 Å². The number of aromatic nitrogens is 2. The van der Waals surface area contributed by atoms with E-state index in [9.17, 15) is 13.2 Å². The second kappa shape index (κ2) is 7.81. The zero-order valence-corrected chi connectivity index (χ0v) is 16.1. The van der Waals surface area contributed by atoms with Crippen LogP contribution in [0.2, 0.25) is 0 Å². The molecular formula is C15H18N4O3S3. The molecule has 1 amide bonds. The summed E-state index contributed by atoms with van der Waals surface area (Å²) in [5.74, 6) is 0.285. The summed E-state index contributed by atoms with van der Waals surface area (Å²) in [5.41, 5.74) is 2.64. The average Bonchev–Trinajstić information content (AvgIpc) is 3.14. The van der Waals surface area contributed by atoms with Gasteiger partial charge in [0.05, 0.1) is 10.6 Å². The fourth-order valence-corrected chi connectivity index (χ4v) is 5.29. The third-order valence-electron chi connectivity index (χ3n) is 3.91. The van der Waals surface area contributed by atoms with Gasteiger partial charge in [-0.25, -0.2) is 8.42 Å². The van der Waals surface area contributed by atoms with Crippen LogP contribution in [0, 0.1) is 6.92 Å². The molecule has 0 N–H and O–H groups in total. The number of hydrogen-bond acceptors (Lipinski definition) is 7. The Morgan fingerprint density at radius 2 is 1.88 bits per heavy atom. The zero-order valence-electron chi connectivity index (χ0n) is 13.7. The summed E-state index contributed by atoms with van der Waals surface area (Å²) < 4.78 is 27.5. The Labute approximate surface area is 155 Å². The quantitative estimate of drug-likeness (QED) is 0.710. The molecule has 0 radical (unpaired) electrons. The largest absolute Gasteiger partial charge is 0.339 e. The molecule has 1 aromatic heterocycles. The monoisotopic (exact) mass is 398 g/mol. The molecule has 134 valence electrons. The Kier molecular flexibility index (Phi) is 5.72. The number of aryl methyl sites for hydroxylation is 1. The minimum atomic E-state index is -3.50. The van der Waals surface area contributed by atoms with Gasteiger partial charge < -0.3 is 4.90 Å². The lowest BCUT2D eigenvalue weighted by Gasteiger charge is -2.34. The smallest absolute Gasteiger partial charge is 0.243 e. The van der Waals surface area contributed by atoms with E-state index in [1.165, 1.54) is 27.4 Å². The molecule has 0 aliphatic carbocycles. The van der Waals surface area contributed by atoms with Gasteiger partial charge in [-0.15, -0.1) is 10.2 Å². The highest BCUT2D eigenvalue weighted by Crippen LogP contribution is 2.21. The van der Waals surface area contributed by atoms with Crippen LogP contribution < -0.4 is 0 Å². The third-order valence-corrected chi connectivity index (χ3v) is 7.67. The molecule has 1 saturated heterocycles. The van der Waals surface area contributed by atoms with Crippen LogP contribution in [0.25, 0.3) is 0 Å². The van der Waals surface area contributed by atoms with Crippen molar-refractivity contribution in [3.05, 3.63) is 35.3 Å². The number of amides is 1. The second-order valence-electron chi connectivity index (χ2n) is 5.59. The van der Waals surface area contributed by atoms with E-state index in [2.05, 4.69) is 10.2 Å². The number of benzene rings is 1. The number of carbonyl (C=O) groups excluding carboxylic acids is 1. The van der Waals surface area contributed by atoms with Gasteiger partial charge in [0.25, 0.3) is 0 Å². The molecule has 0 saturated carbocycles. The van der Waals surface area contributed by atoms with E-state index in [1.807, 2.05) is 6.92 Å². The number of hydrogen-bond donors (Lipinski definition) is 0. The Bertz CT molecular complexity index is 814. The summed E-state index contributed by atoms with van der Waals surface area (Å²) in [6, 6.07) is 6.83. The van der Waals surface area contributed by atoms with E-state index in [4.69, 9.17) is 0 Å². The van der Waals surface area contributed by atoms with Crippen LogP contribution in [0.3, 0.4) is 0 Å². The Balaban J connectivity index is 1.55. The zero-order chi connectivity index (χ0) is 17.9. The van der Waals surface area contributed by atoms with E-state index in [-0.39, 0.29) is 5.91 Å². The van der Waals surface area contributed by atoms with Crippen LogP contribution in [0.15, 0.2) is 39.0 Å². The molecule has 1 aromatic carbocycles. The van der Waals surface area contributed by atoms with Gasteiger partial charge >= 0.3 is 0 Å². The van der Waals surface area contributed by atoms with Crippen molar-refractivity contribution in [3.8, 4) is 0 Å². The Morgan fingerprint density at radius 1 is 1.20 bits per heavy atom. The lowest BCUT2D eigenvalue weighted by Crippen LogP contribution is -2.50. The molecule has 2 aromatic rings. The molecule has 1 fully saturated rings. The van der Waals surface area contributed by atoms with Crippen molar-refractivity contribution in [2.75, 3.05) is 31.9 Å². The van der Waals surface area contributed by atoms with Gasteiger partial charge in [0, 0.05) is 26.2 Å². The van der Waals surface area contributed by atoms with Crippen molar-refractivity contribution in [3.63, 3.8) is 0 Å². The lowest BCUT2D eigenvalue weighted by molar-refractivity contribution is -0.129. The summed E-state index contributed by atoms with van der Waals surface area (Å²) in [7, 11) is -3.50. The lowest BCUT2D eigenvalue weighted by atomic mass is 10.2. The van der Waals surface area contributed by atoms with Gasteiger partial charge in [0.2, 0.25) is 15.9 Å². The molecule has 0 bridgehead atoms. The molecule has 1 aliphatic rings. The molecule has 0 unspecified atom stereocenters. The average molecular weight is 399 g/mol. The Hall–Kier alpha value is -1.49. The highest BCUT2D eigenvalue weighted by molar-refractivity contribution is 8.01. The first kappa shape index (κ1) is 18.3. The predicted molar refractivity (Wildman–Crippen MR) is 97.2 cm³/mol. The molecule has 25 heavy (non-hydrogen) atoms. The van der Waals surface area contributed by atoms with Crippen molar-refractivity contribution in [1.82, 2.24) is 19.4 Å². The maximum absolute atomic E-state index is 12.7. The maximum Gasteiger partial charge on any atom is 0.243 e. The number of sulfonamides is 1. The molecule has 10 heteroatoms. The van der Waals surface area contributed by atoms with Crippen molar-refractivity contribution in [2.24, 2.45) is 0 Å². The van der Waals surface area contributed by atoms with Crippen LogP contribution >= 0.6 is 23.1 Å². The first-order valence-corrected chi connectivity index (χ1v) is 11.0. The van der Waals surface area contributed by atoms with E-state index in [0.29, 0.717) is 36.8 Å². The minimum absolute atomic E-state index is 0.00687. The van der Waals surface area contributed by atoms with Crippen molar-refractivity contribution in [1.29, 1.82) is 0 Å². The maximum atomic E-state index is 12.7. The first-order valence-electron chi connectivity index (χ1n) is 7.70. The van der Waals surface area contributed by atoms with Crippen LogP contribution in [0.1, 0.15) is 5.56 Å². The molecular weight excluding hydrogens is 380 g/mol. The molecule has 0 spiro atoms. The number of thioether (sulfide) groups is 1. The fraction of sp³-hybridized carbons (Fsp3) is 0.400. The summed E-state index contributed by atoms with van der Waals surface area (Å²) in [4.78, 5) is 14.3. The first-order chi connectivity index (χ1) is 12.0. The highest BCUT2D eigenvalue weighted by atomic mass is 32.2.